The first-order valence-electron chi connectivity index (χ1n) is 6.37. The second kappa shape index (κ2) is 4.97. The topological polar surface area (TPSA) is 76.2 Å². The van der Waals surface area contributed by atoms with Gasteiger partial charge in [0.05, 0.1) is 5.69 Å². The monoisotopic (exact) mass is 251 g/mol. The molecule has 0 radical (unpaired) electrons. The van der Waals surface area contributed by atoms with Crippen LogP contribution in [0.15, 0.2) is 0 Å². The minimum absolute atomic E-state index is 0.0885. The number of piperazine rings is 1. The van der Waals surface area contributed by atoms with Gasteiger partial charge in [0.25, 0.3) is 0 Å². The average Bonchev–Trinajstić information content (AvgIpc) is 2.63. The van der Waals surface area contributed by atoms with Crippen molar-refractivity contribution < 1.29 is 4.79 Å². The molecule has 2 rings (SSSR count). The normalized spacial score (nSPS) is 20.1. The van der Waals surface area contributed by atoms with E-state index in [0.29, 0.717) is 13.1 Å². The van der Waals surface area contributed by atoms with Crippen LogP contribution in [0.4, 0.5) is 5.82 Å². The molecule has 0 bridgehead atoms. The number of carbonyl (C=O) groups is 1. The van der Waals surface area contributed by atoms with Crippen LogP contribution in [0.2, 0.25) is 0 Å². The van der Waals surface area contributed by atoms with E-state index < -0.39 is 0 Å². The summed E-state index contributed by atoms with van der Waals surface area (Å²) in [5.41, 5.74) is 7.79. The molecule has 0 aliphatic carbocycles. The van der Waals surface area contributed by atoms with Gasteiger partial charge in [-0.15, -0.1) is 0 Å². The van der Waals surface area contributed by atoms with Crippen molar-refractivity contribution in [2.24, 2.45) is 12.8 Å². The van der Waals surface area contributed by atoms with Gasteiger partial charge in [-0.3, -0.25) is 9.48 Å². The number of aryl methyl sites for hydroxylation is 2. The van der Waals surface area contributed by atoms with Gasteiger partial charge >= 0.3 is 0 Å². The Morgan fingerprint density at radius 3 is 2.89 bits per heavy atom. The van der Waals surface area contributed by atoms with Crippen molar-refractivity contribution in [3.05, 3.63) is 11.3 Å². The van der Waals surface area contributed by atoms with Crippen molar-refractivity contribution in [1.29, 1.82) is 0 Å². The summed E-state index contributed by atoms with van der Waals surface area (Å²) in [4.78, 5) is 14.0. The number of nitrogens with two attached hydrogens (primary N) is 1. The van der Waals surface area contributed by atoms with E-state index in [1.54, 1.807) is 0 Å². The van der Waals surface area contributed by atoms with E-state index >= 15 is 0 Å². The molecule has 2 heterocycles. The van der Waals surface area contributed by atoms with Gasteiger partial charge in [-0.25, -0.2) is 0 Å². The molecule has 1 aliphatic heterocycles. The van der Waals surface area contributed by atoms with Crippen LogP contribution >= 0.6 is 0 Å². The van der Waals surface area contributed by atoms with Crippen LogP contribution in [0.25, 0.3) is 0 Å². The van der Waals surface area contributed by atoms with Crippen molar-refractivity contribution in [2.75, 3.05) is 18.0 Å². The maximum Gasteiger partial charge on any atom is 0.242 e. The van der Waals surface area contributed by atoms with Crippen molar-refractivity contribution in [3.8, 4) is 0 Å². The largest absolute Gasteiger partial charge is 0.353 e. The van der Waals surface area contributed by atoms with E-state index in [1.807, 2.05) is 25.6 Å². The lowest BCUT2D eigenvalue weighted by molar-refractivity contribution is -0.123. The zero-order chi connectivity index (χ0) is 13.3. The Balaban J connectivity index is 2.43. The Labute approximate surface area is 107 Å². The zero-order valence-corrected chi connectivity index (χ0v) is 11.2. The highest BCUT2D eigenvalue weighted by atomic mass is 16.2. The summed E-state index contributed by atoms with van der Waals surface area (Å²) in [6.07, 6.45) is 0.778. The standard InChI is InChI=1S/C12H21N5O/c1-4-10-11(18)14-5-6-17(10)12-9(7-13)8(2)15-16(12)3/h10H,4-7,13H2,1-3H3,(H,14,18). The van der Waals surface area contributed by atoms with E-state index in [2.05, 4.69) is 15.3 Å². The summed E-state index contributed by atoms with van der Waals surface area (Å²) in [6.45, 7) is 5.90. The average molecular weight is 251 g/mol. The van der Waals surface area contributed by atoms with Gasteiger partial charge in [0.2, 0.25) is 5.91 Å². The van der Waals surface area contributed by atoms with Gasteiger partial charge in [0.1, 0.15) is 11.9 Å². The number of rotatable bonds is 3. The van der Waals surface area contributed by atoms with E-state index in [1.165, 1.54) is 0 Å². The summed E-state index contributed by atoms with van der Waals surface area (Å²) in [5.74, 6) is 1.07. The lowest BCUT2D eigenvalue weighted by Crippen LogP contribution is -2.55. The van der Waals surface area contributed by atoms with Gasteiger partial charge in [0.15, 0.2) is 0 Å². The predicted molar refractivity (Wildman–Crippen MR) is 70.3 cm³/mol. The highest BCUT2D eigenvalue weighted by Crippen LogP contribution is 2.26. The highest BCUT2D eigenvalue weighted by molar-refractivity contribution is 5.86. The Morgan fingerprint density at radius 1 is 1.56 bits per heavy atom. The van der Waals surface area contributed by atoms with Gasteiger partial charge in [-0.1, -0.05) is 6.92 Å². The van der Waals surface area contributed by atoms with Crippen LogP contribution in [-0.2, 0) is 18.4 Å². The Morgan fingerprint density at radius 2 is 2.28 bits per heavy atom. The molecule has 1 fully saturated rings. The number of nitrogens with zero attached hydrogens (tertiary/aromatic N) is 3. The molecule has 18 heavy (non-hydrogen) atoms. The molecule has 6 nitrogen and oxygen atoms in total. The number of amides is 1. The van der Waals surface area contributed by atoms with Crippen LogP contribution in [-0.4, -0.2) is 34.8 Å². The number of anilines is 1. The van der Waals surface area contributed by atoms with Gasteiger partial charge in [-0.2, -0.15) is 5.10 Å². The minimum atomic E-state index is -0.126. The molecule has 0 aromatic carbocycles. The summed E-state index contributed by atoms with van der Waals surface area (Å²) >= 11 is 0. The zero-order valence-electron chi connectivity index (χ0n) is 11.2. The van der Waals surface area contributed by atoms with E-state index in [9.17, 15) is 4.79 Å². The fraction of sp³-hybridized carbons (Fsp3) is 0.667. The number of hydrogen-bond donors (Lipinski definition) is 2. The lowest BCUT2D eigenvalue weighted by atomic mass is 10.1. The second-order valence-corrected chi connectivity index (χ2v) is 4.62. The van der Waals surface area contributed by atoms with Gasteiger partial charge in [-0.05, 0) is 13.3 Å². The van der Waals surface area contributed by atoms with E-state index in [0.717, 1.165) is 30.0 Å². The Bertz CT molecular complexity index is 454. The molecule has 1 atom stereocenters. The molecule has 0 saturated carbocycles. The summed E-state index contributed by atoms with van der Waals surface area (Å²) in [6, 6.07) is -0.126. The Hall–Kier alpha value is -1.56. The number of aromatic nitrogens is 2. The van der Waals surface area contributed by atoms with Crippen LogP contribution in [0, 0.1) is 6.92 Å². The SMILES string of the molecule is CCC1C(=O)NCCN1c1c(CN)c(C)nn1C. The quantitative estimate of drug-likeness (QED) is 0.786. The Kier molecular flexibility index (Phi) is 3.56. The molecule has 1 amide bonds. The minimum Gasteiger partial charge on any atom is -0.353 e. The first kappa shape index (κ1) is 12.9. The molecular weight excluding hydrogens is 230 g/mol. The van der Waals surface area contributed by atoms with Crippen molar-refractivity contribution in [2.45, 2.75) is 32.9 Å². The highest BCUT2D eigenvalue weighted by Gasteiger charge is 2.31. The van der Waals surface area contributed by atoms with E-state index in [4.69, 9.17) is 5.73 Å². The second-order valence-electron chi connectivity index (χ2n) is 4.62. The molecule has 0 spiro atoms. The van der Waals surface area contributed by atoms with Crippen LogP contribution in [0.1, 0.15) is 24.6 Å². The first-order valence-corrected chi connectivity index (χ1v) is 6.37. The molecule has 1 aromatic rings. The molecule has 1 saturated heterocycles. The number of carbonyl (C=O) groups excluding carboxylic acids is 1. The van der Waals surface area contributed by atoms with Crippen molar-refractivity contribution in [1.82, 2.24) is 15.1 Å². The maximum atomic E-state index is 11.9. The summed E-state index contributed by atoms with van der Waals surface area (Å²) in [7, 11) is 1.90. The lowest BCUT2D eigenvalue weighted by Gasteiger charge is -2.36. The third-order valence-corrected chi connectivity index (χ3v) is 3.51. The number of hydrogen-bond acceptors (Lipinski definition) is 4. The molecule has 100 valence electrons. The fourth-order valence-corrected chi connectivity index (χ4v) is 2.66. The molecule has 1 aliphatic rings. The van der Waals surface area contributed by atoms with Crippen molar-refractivity contribution in [3.63, 3.8) is 0 Å². The molecule has 3 N–H and O–H groups in total. The van der Waals surface area contributed by atoms with Gasteiger partial charge in [0, 0.05) is 32.2 Å². The number of nitrogens with one attached hydrogen (secondary N) is 1. The van der Waals surface area contributed by atoms with E-state index in [-0.39, 0.29) is 11.9 Å². The molecule has 6 heteroatoms. The van der Waals surface area contributed by atoms with Crippen LogP contribution in [0.5, 0.6) is 0 Å². The molecule has 1 aromatic heterocycles. The summed E-state index contributed by atoms with van der Waals surface area (Å²) < 4.78 is 1.83. The first-order chi connectivity index (χ1) is 8.60. The van der Waals surface area contributed by atoms with Gasteiger partial charge < -0.3 is 16.0 Å². The van der Waals surface area contributed by atoms with Crippen LogP contribution in [0.3, 0.4) is 0 Å². The molecule has 1 unspecified atom stereocenters. The third kappa shape index (κ3) is 1.96. The van der Waals surface area contributed by atoms with Crippen molar-refractivity contribution >= 4 is 11.7 Å². The summed E-state index contributed by atoms with van der Waals surface area (Å²) in [5, 5.41) is 7.32. The predicted octanol–water partition coefficient (Wildman–Crippen LogP) is -0.0980. The molecular formula is C12H21N5O. The smallest absolute Gasteiger partial charge is 0.242 e. The third-order valence-electron chi connectivity index (χ3n) is 3.51. The maximum absolute atomic E-state index is 11.9. The van der Waals surface area contributed by atoms with Crippen LogP contribution < -0.4 is 16.0 Å². The fourth-order valence-electron chi connectivity index (χ4n) is 2.66.